The van der Waals surface area contributed by atoms with Crippen molar-refractivity contribution in [3.05, 3.63) is 66.6 Å². The number of carbonyl (C=O) groups is 1. The number of benzene rings is 2. The Morgan fingerprint density at radius 2 is 1.86 bits per heavy atom. The molecule has 5 rings (SSSR count). The molecule has 1 aromatic heterocycles. The number of nitrogens with one attached hydrogen (secondary N) is 2. The van der Waals surface area contributed by atoms with Crippen molar-refractivity contribution in [2.24, 2.45) is 0 Å². The van der Waals surface area contributed by atoms with Crippen LogP contribution in [0.2, 0.25) is 0 Å². The van der Waals surface area contributed by atoms with E-state index in [1.165, 1.54) is 0 Å². The molecule has 7 heteroatoms. The summed E-state index contributed by atoms with van der Waals surface area (Å²) in [6, 6.07) is 17.4. The molecule has 0 aliphatic carbocycles. The van der Waals surface area contributed by atoms with Gasteiger partial charge in [0.1, 0.15) is 18.0 Å². The molecule has 0 saturated carbocycles. The smallest absolute Gasteiger partial charge is 0.412 e. The quantitative estimate of drug-likeness (QED) is 0.691. The molecule has 2 aliphatic heterocycles. The molecule has 2 saturated heterocycles. The monoisotopic (exact) mass is 394 g/mol. The maximum Gasteiger partial charge on any atom is 0.412 e. The Kier molecular flexibility index (Phi) is 4.93. The average molecular weight is 394 g/mol. The summed E-state index contributed by atoms with van der Waals surface area (Å²) < 4.78 is 22.7. The third kappa shape index (κ3) is 3.72. The number of furan rings is 1. The number of rotatable bonds is 5. The summed E-state index contributed by atoms with van der Waals surface area (Å²) in [5.74, 6) is 0.855. The normalized spacial score (nSPS) is 25.8. The second kappa shape index (κ2) is 7.87. The van der Waals surface area contributed by atoms with Crippen molar-refractivity contribution in [1.82, 2.24) is 5.32 Å². The second-order valence-electron chi connectivity index (χ2n) is 7.26. The molecule has 7 nitrogen and oxygen atoms in total. The lowest BCUT2D eigenvalue weighted by Gasteiger charge is -2.18. The highest BCUT2D eigenvalue weighted by Gasteiger charge is 2.49. The molecule has 2 aliphatic rings. The number of hydrogen-bond donors (Lipinski definition) is 2. The zero-order chi connectivity index (χ0) is 19.6. The fraction of sp³-hybridized carbons (Fsp3) is 0.318. The van der Waals surface area contributed by atoms with E-state index in [4.69, 9.17) is 18.6 Å². The van der Waals surface area contributed by atoms with Gasteiger partial charge in [0.15, 0.2) is 6.10 Å². The fourth-order valence-electron chi connectivity index (χ4n) is 4.00. The van der Waals surface area contributed by atoms with Crippen LogP contribution >= 0.6 is 0 Å². The number of carbonyl (C=O) groups excluding carboxylic acids is 1. The molecule has 150 valence electrons. The van der Waals surface area contributed by atoms with Gasteiger partial charge in [0.25, 0.3) is 0 Å². The first-order valence-corrected chi connectivity index (χ1v) is 9.72. The summed E-state index contributed by atoms with van der Waals surface area (Å²) in [6.07, 6.45) is 0.273. The van der Waals surface area contributed by atoms with Gasteiger partial charge in [0, 0.05) is 5.39 Å². The summed E-state index contributed by atoms with van der Waals surface area (Å²) in [7, 11) is 0. The van der Waals surface area contributed by atoms with E-state index in [9.17, 15) is 4.79 Å². The average Bonchev–Trinajstić information content (AvgIpc) is 3.46. The molecule has 2 fully saturated rings. The van der Waals surface area contributed by atoms with Crippen LogP contribution in [0.3, 0.4) is 0 Å². The van der Waals surface area contributed by atoms with Crippen LogP contribution in [0.5, 0.6) is 0 Å². The Labute approximate surface area is 167 Å². The van der Waals surface area contributed by atoms with Crippen LogP contribution in [0.25, 0.3) is 10.8 Å². The first kappa shape index (κ1) is 18.2. The Balaban J connectivity index is 1.19. The highest BCUT2D eigenvalue weighted by molar-refractivity contribution is 6.00. The van der Waals surface area contributed by atoms with Gasteiger partial charge < -0.3 is 23.9 Å². The molecule has 3 heterocycles. The van der Waals surface area contributed by atoms with E-state index in [2.05, 4.69) is 10.6 Å². The molecule has 3 aromatic rings. The molecule has 0 radical (unpaired) electrons. The number of fused-ring (bicyclic) bond motifs is 2. The lowest BCUT2D eigenvalue weighted by atomic mass is 10.1. The first-order chi connectivity index (χ1) is 14.3. The molecule has 0 bridgehead atoms. The highest BCUT2D eigenvalue weighted by Crippen LogP contribution is 2.30. The molecule has 2 N–H and O–H groups in total. The maximum atomic E-state index is 12.5. The minimum Gasteiger partial charge on any atom is -0.468 e. The highest BCUT2D eigenvalue weighted by atomic mass is 16.6. The minimum absolute atomic E-state index is 0.0276. The van der Waals surface area contributed by atoms with E-state index in [0.29, 0.717) is 25.4 Å². The first-order valence-electron chi connectivity index (χ1n) is 9.72. The molecular formula is C22H22N2O5. The molecule has 1 amide bonds. The van der Waals surface area contributed by atoms with Gasteiger partial charge in [-0.05, 0) is 23.6 Å². The summed E-state index contributed by atoms with van der Waals surface area (Å²) >= 11 is 0. The van der Waals surface area contributed by atoms with Crippen LogP contribution in [0.4, 0.5) is 10.5 Å². The minimum atomic E-state index is -0.508. The topological polar surface area (TPSA) is 82.0 Å². The SMILES string of the molecule is O=C(Nc1cccc2ccccc12)OC1COC2C(NCc3ccco3)COC12. The van der Waals surface area contributed by atoms with Crippen molar-refractivity contribution in [2.75, 3.05) is 18.5 Å². The summed E-state index contributed by atoms with van der Waals surface area (Å²) in [6.45, 7) is 1.42. The van der Waals surface area contributed by atoms with Crippen molar-refractivity contribution < 1.29 is 23.4 Å². The van der Waals surface area contributed by atoms with Gasteiger partial charge >= 0.3 is 6.09 Å². The van der Waals surface area contributed by atoms with Crippen molar-refractivity contribution in [3.8, 4) is 0 Å². The zero-order valence-corrected chi connectivity index (χ0v) is 15.7. The van der Waals surface area contributed by atoms with E-state index in [0.717, 1.165) is 16.5 Å². The van der Waals surface area contributed by atoms with E-state index in [1.54, 1.807) is 6.26 Å². The van der Waals surface area contributed by atoms with E-state index < -0.39 is 12.2 Å². The Bertz CT molecular complexity index is 985. The largest absolute Gasteiger partial charge is 0.468 e. The van der Waals surface area contributed by atoms with Crippen LogP contribution in [0.1, 0.15) is 5.76 Å². The van der Waals surface area contributed by atoms with Crippen molar-refractivity contribution >= 4 is 22.6 Å². The Hall–Kier alpha value is -2.87. The van der Waals surface area contributed by atoms with Crippen molar-refractivity contribution in [3.63, 3.8) is 0 Å². The van der Waals surface area contributed by atoms with Crippen LogP contribution in [0, 0.1) is 0 Å². The molecular weight excluding hydrogens is 372 g/mol. The van der Waals surface area contributed by atoms with Crippen LogP contribution in [-0.2, 0) is 20.8 Å². The number of anilines is 1. The Morgan fingerprint density at radius 1 is 1.00 bits per heavy atom. The van der Waals surface area contributed by atoms with E-state index in [1.807, 2.05) is 54.6 Å². The molecule has 2 aromatic carbocycles. The summed E-state index contributed by atoms with van der Waals surface area (Å²) in [5, 5.41) is 8.26. The Morgan fingerprint density at radius 3 is 2.76 bits per heavy atom. The van der Waals surface area contributed by atoms with Crippen LogP contribution in [-0.4, -0.2) is 43.7 Å². The standard InChI is InChI=1S/C22H22N2O5/c25-22(24-17-9-3-6-14-5-1-2-8-16(14)17)29-19-13-28-20-18(12-27-21(19)20)23-11-15-7-4-10-26-15/h1-10,18-21,23H,11-13H2,(H,24,25). The van der Waals surface area contributed by atoms with E-state index in [-0.39, 0.29) is 18.2 Å². The van der Waals surface area contributed by atoms with Crippen molar-refractivity contribution in [2.45, 2.75) is 30.9 Å². The summed E-state index contributed by atoms with van der Waals surface area (Å²) in [5.41, 5.74) is 0.717. The lowest BCUT2D eigenvalue weighted by molar-refractivity contribution is 0.00853. The third-order valence-electron chi connectivity index (χ3n) is 5.41. The summed E-state index contributed by atoms with van der Waals surface area (Å²) in [4.78, 5) is 12.5. The van der Waals surface area contributed by atoms with Crippen LogP contribution < -0.4 is 10.6 Å². The zero-order valence-electron chi connectivity index (χ0n) is 15.7. The van der Waals surface area contributed by atoms with Gasteiger partial charge in [-0.15, -0.1) is 0 Å². The van der Waals surface area contributed by atoms with E-state index >= 15 is 0 Å². The van der Waals surface area contributed by atoms with Gasteiger partial charge in [-0.25, -0.2) is 4.79 Å². The van der Waals surface area contributed by atoms with Gasteiger partial charge in [-0.3, -0.25) is 5.32 Å². The molecule has 4 atom stereocenters. The van der Waals surface area contributed by atoms with Gasteiger partial charge in [-0.2, -0.15) is 0 Å². The molecule has 0 spiro atoms. The maximum absolute atomic E-state index is 12.5. The number of ether oxygens (including phenoxy) is 3. The van der Waals surface area contributed by atoms with Crippen LogP contribution in [0.15, 0.2) is 65.3 Å². The predicted molar refractivity (Wildman–Crippen MR) is 107 cm³/mol. The molecule has 4 unspecified atom stereocenters. The predicted octanol–water partition coefficient (Wildman–Crippen LogP) is 3.31. The van der Waals surface area contributed by atoms with Gasteiger partial charge in [-0.1, -0.05) is 36.4 Å². The molecule has 29 heavy (non-hydrogen) atoms. The second-order valence-corrected chi connectivity index (χ2v) is 7.26. The van der Waals surface area contributed by atoms with Gasteiger partial charge in [0.05, 0.1) is 37.8 Å². The van der Waals surface area contributed by atoms with Gasteiger partial charge in [0.2, 0.25) is 0 Å². The number of hydrogen-bond acceptors (Lipinski definition) is 6. The lowest BCUT2D eigenvalue weighted by Crippen LogP contribution is -2.41. The fourth-order valence-corrected chi connectivity index (χ4v) is 4.00. The van der Waals surface area contributed by atoms with Crippen molar-refractivity contribution in [1.29, 1.82) is 0 Å². The number of amides is 1. The third-order valence-corrected chi connectivity index (χ3v) is 5.41.